The van der Waals surface area contributed by atoms with Crippen LogP contribution in [0.4, 0.5) is 10.2 Å². The van der Waals surface area contributed by atoms with Crippen LogP contribution in [0.25, 0.3) is 33.6 Å². The van der Waals surface area contributed by atoms with Crippen LogP contribution in [-0.4, -0.2) is 46.5 Å². The van der Waals surface area contributed by atoms with Gasteiger partial charge in [0.2, 0.25) is 0 Å². The number of aliphatic hydroxyl groups is 1. The number of pyridine rings is 2. The van der Waals surface area contributed by atoms with Crippen molar-refractivity contribution in [3.8, 4) is 33.6 Å². The topological polar surface area (TPSA) is 54.2 Å². The third-order valence-corrected chi connectivity index (χ3v) is 4.88. The van der Waals surface area contributed by atoms with Crippen LogP contribution in [0, 0.1) is 0 Å². The first-order valence-electron chi connectivity index (χ1n) is 9.48. The summed E-state index contributed by atoms with van der Waals surface area (Å²) in [6, 6.07) is 16.3. The minimum atomic E-state index is -0.999. The van der Waals surface area contributed by atoms with Gasteiger partial charge in [-0.2, -0.15) is 0 Å². The second-order valence-electron chi connectivity index (χ2n) is 7.31. The highest BCUT2D eigenvalue weighted by molar-refractivity contribution is 5.75. The van der Waals surface area contributed by atoms with E-state index in [4.69, 9.17) is 4.98 Å². The molecule has 2 aliphatic heterocycles. The molecule has 1 unspecified atom stereocenters. The Labute approximate surface area is 169 Å². The normalized spacial score (nSPS) is 12.3. The molecular weight excluding hydrogens is 367 g/mol. The number of aliphatic hydroxyl groups excluding tert-OH is 1. The highest BCUT2D eigenvalue weighted by Gasteiger charge is 2.12. The number of nitrogens with zero attached hydrogens (tertiary/aromatic N) is 4. The summed E-state index contributed by atoms with van der Waals surface area (Å²) >= 11 is 0. The van der Waals surface area contributed by atoms with E-state index in [0.717, 1.165) is 39.5 Å². The van der Waals surface area contributed by atoms with Crippen molar-refractivity contribution in [2.24, 2.45) is 0 Å². The van der Waals surface area contributed by atoms with Crippen LogP contribution in [0.3, 0.4) is 0 Å². The van der Waals surface area contributed by atoms with Crippen LogP contribution in [0.15, 0.2) is 67.1 Å². The van der Waals surface area contributed by atoms with Gasteiger partial charge in [-0.1, -0.05) is 24.3 Å². The number of rotatable bonds is 6. The Bertz CT molecular complexity index is 1060. The van der Waals surface area contributed by atoms with Gasteiger partial charge in [-0.05, 0) is 29.8 Å². The molecule has 4 rings (SSSR count). The Balaban J connectivity index is 1.57. The van der Waals surface area contributed by atoms with Crippen molar-refractivity contribution >= 4 is 5.82 Å². The van der Waals surface area contributed by atoms with Crippen LogP contribution in [0.2, 0.25) is 0 Å². The van der Waals surface area contributed by atoms with Crippen molar-refractivity contribution in [1.29, 1.82) is 0 Å². The van der Waals surface area contributed by atoms with Crippen molar-refractivity contribution in [1.82, 2.24) is 14.5 Å². The van der Waals surface area contributed by atoms with E-state index >= 15 is 0 Å². The summed E-state index contributed by atoms with van der Waals surface area (Å²) in [7, 11) is 3.94. The van der Waals surface area contributed by atoms with E-state index in [0.29, 0.717) is 0 Å². The van der Waals surface area contributed by atoms with Crippen molar-refractivity contribution in [3.63, 3.8) is 0 Å². The first-order chi connectivity index (χ1) is 14.0. The highest BCUT2D eigenvalue weighted by Crippen LogP contribution is 2.30. The Morgan fingerprint density at radius 1 is 0.966 bits per heavy atom. The molecule has 148 valence electrons. The Kier molecular flexibility index (Phi) is 5.27. The highest BCUT2D eigenvalue weighted by atomic mass is 19.1. The molecule has 1 aromatic heterocycles. The summed E-state index contributed by atoms with van der Waals surface area (Å²) in [5, 5.41) is 9.51. The molecule has 5 nitrogen and oxygen atoms in total. The first-order valence-corrected chi connectivity index (χ1v) is 9.48. The largest absolute Gasteiger partial charge is 0.389 e. The van der Waals surface area contributed by atoms with Crippen molar-refractivity contribution in [2.45, 2.75) is 12.6 Å². The van der Waals surface area contributed by atoms with E-state index in [1.54, 1.807) is 4.57 Å². The maximum absolute atomic E-state index is 12.5. The van der Waals surface area contributed by atoms with Gasteiger partial charge >= 0.3 is 0 Å². The smallest absolute Gasteiger partial charge is 0.127 e. The number of hydrogen-bond acceptors (Lipinski definition) is 4. The molecule has 0 saturated heterocycles. The molecule has 0 aliphatic carbocycles. The first kappa shape index (κ1) is 19.1. The van der Waals surface area contributed by atoms with Crippen LogP contribution in [0.5, 0.6) is 0 Å². The molecule has 0 bridgehead atoms. The van der Waals surface area contributed by atoms with E-state index in [-0.39, 0.29) is 6.54 Å². The minimum absolute atomic E-state index is 0.212. The van der Waals surface area contributed by atoms with Crippen LogP contribution >= 0.6 is 0 Å². The Morgan fingerprint density at radius 2 is 1.69 bits per heavy atom. The lowest BCUT2D eigenvalue weighted by Crippen LogP contribution is -2.17. The Morgan fingerprint density at radius 3 is 2.34 bits per heavy atom. The lowest BCUT2D eigenvalue weighted by molar-refractivity contribution is 0.122. The number of alkyl halides is 1. The fourth-order valence-electron chi connectivity index (χ4n) is 3.27. The monoisotopic (exact) mass is 390 g/mol. The van der Waals surface area contributed by atoms with Crippen LogP contribution in [-0.2, 0) is 6.54 Å². The zero-order valence-corrected chi connectivity index (χ0v) is 16.5. The Hall–Kier alpha value is -3.25. The molecule has 0 spiro atoms. The van der Waals surface area contributed by atoms with Gasteiger partial charge in [0, 0.05) is 49.4 Å². The predicted octanol–water partition coefficient (Wildman–Crippen LogP) is 4.11. The zero-order valence-electron chi connectivity index (χ0n) is 16.5. The van der Waals surface area contributed by atoms with Crippen molar-refractivity contribution in [3.05, 3.63) is 67.1 Å². The number of hydrogen-bond donors (Lipinski definition) is 1. The van der Waals surface area contributed by atoms with Crippen molar-refractivity contribution < 1.29 is 9.50 Å². The molecule has 0 radical (unpaired) electrons. The summed E-state index contributed by atoms with van der Waals surface area (Å²) in [5.74, 6) is 0.925. The summed E-state index contributed by atoms with van der Waals surface area (Å²) < 4.78 is 14.3. The molecule has 2 aliphatic rings. The fraction of sp³-hybridized carbons (Fsp3) is 0.217. The lowest BCUT2D eigenvalue weighted by atomic mass is 10.0. The number of anilines is 1. The predicted molar refractivity (Wildman–Crippen MR) is 114 cm³/mol. The SMILES string of the molecule is CN(C)c1ccc(-c2ccc(-c3cc4ccn(CC(O)CF)cc-4n3)cc2)cn1. The molecule has 1 aromatic carbocycles. The standard InChI is InChI=1S/C23H23FN4O/c1-27(2)23-8-7-19(13-25-23)16-3-5-17(6-4-16)21-11-18-9-10-28(14-20(29)12-24)15-22(18)26-21/h3-11,13,15,20,29H,12,14H2,1-2H3. The van der Waals surface area contributed by atoms with Crippen LogP contribution in [0.1, 0.15) is 0 Å². The van der Waals surface area contributed by atoms with Gasteiger partial charge in [-0.3, -0.25) is 0 Å². The van der Waals surface area contributed by atoms with E-state index in [1.165, 1.54) is 0 Å². The summed E-state index contributed by atoms with van der Waals surface area (Å²) in [4.78, 5) is 11.1. The van der Waals surface area contributed by atoms with E-state index in [9.17, 15) is 9.50 Å². The lowest BCUT2D eigenvalue weighted by Gasteiger charge is -2.11. The van der Waals surface area contributed by atoms with Gasteiger partial charge in [0.05, 0.1) is 17.9 Å². The average Bonchev–Trinajstić information content (AvgIpc) is 3.17. The molecular formula is C23H23FN4O. The molecule has 0 saturated carbocycles. The zero-order chi connectivity index (χ0) is 20.4. The molecule has 29 heavy (non-hydrogen) atoms. The number of fused-ring (bicyclic) bond motifs is 1. The number of benzene rings is 1. The third-order valence-electron chi connectivity index (χ3n) is 4.88. The van der Waals surface area contributed by atoms with Gasteiger partial charge in [0.15, 0.2) is 0 Å². The fourth-order valence-corrected chi connectivity index (χ4v) is 3.27. The summed E-state index contributed by atoms with van der Waals surface area (Å²) in [6.07, 6.45) is 4.55. The molecule has 2 aromatic rings. The number of halogens is 1. The van der Waals surface area contributed by atoms with Gasteiger partial charge in [0.1, 0.15) is 18.6 Å². The van der Waals surface area contributed by atoms with Gasteiger partial charge < -0.3 is 14.6 Å². The molecule has 6 heteroatoms. The number of aromatic nitrogens is 3. The summed E-state index contributed by atoms with van der Waals surface area (Å²) in [6.45, 7) is -0.547. The van der Waals surface area contributed by atoms with Gasteiger partial charge in [-0.25, -0.2) is 14.4 Å². The molecule has 0 fully saturated rings. The van der Waals surface area contributed by atoms with Gasteiger partial charge in [-0.15, -0.1) is 0 Å². The molecule has 3 heterocycles. The second kappa shape index (κ2) is 8.01. The molecule has 1 N–H and O–H groups in total. The third kappa shape index (κ3) is 4.12. The van der Waals surface area contributed by atoms with Crippen molar-refractivity contribution in [2.75, 3.05) is 25.7 Å². The van der Waals surface area contributed by atoms with E-state index < -0.39 is 12.8 Å². The maximum atomic E-state index is 12.5. The second-order valence-corrected chi connectivity index (χ2v) is 7.31. The van der Waals surface area contributed by atoms with E-state index in [1.807, 2.05) is 55.8 Å². The molecule has 0 amide bonds. The van der Waals surface area contributed by atoms with E-state index in [2.05, 4.69) is 35.3 Å². The maximum Gasteiger partial charge on any atom is 0.127 e. The average molecular weight is 390 g/mol. The minimum Gasteiger partial charge on any atom is -0.389 e. The van der Waals surface area contributed by atoms with Gasteiger partial charge in [0.25, 0.3) is 0 Å². The quantitative estimate of drug-likeness (QED) is 0.538. The molecule has 1 atom stereocenters. The summed E-state index contributed by atoms with van der Waals surface area (Å²) in [5.41, 5.74) is 5.91. The van der Waals surface area contributed by atoms with Crippen LogP contribution < -0.4 is 4.90 Å².